The Morgan fingerprint density at radius 2 is 2.26 bits per heavy atom. The molecular weight excluding hydrogens is 355 g/mol. The largest absolute Gasteiger partial charge is 0.547 e. The zero-order chi connectivity index (χ0) is 19.6. The van der Waals surface area contributed by atoms with Crippen molar-refractivity contribution in [3.05, 3.63) is 41.2 Å². The number of nitrogens with one attached hydrogen (secondary N) is 1. The van der Waals surface area contributed by atoms with E-state index in [2.05, 4.69) is 15.6 Å². The lowest BCUT2D eigenvalue weighted by Crippen LogP contribution is -2.57. The molecule has 1 amide bonds. The number of carbonyl (C=O) groups excluding carboxylic acids is 1. The first-order valence-corrected chi connectivity index (χ1v) is 8.24. The van der Waals surface area contributed by atoms with Crippen LogP contribution in [0.5, 0.6) is 5.75 Å². The normalized spacial score (nSPS) is 17.0. The molecule has 142 valence electrons. The van der Waals surface area contributed by atoms with Crippen LogP contribution in [0.25, 0.3) is 0 Å². The zero-order valence-electron chi connectivity index (χ0n) is 14.3. The van der Waals surface area contributed by atoms with Crippen LogP contribution in [0.1, 0.15) is 21.6 Å². The summed E-state index contributed by atoms with van der Waals surface area (Å²) in [5.41, 5.74) is 12.4. The number of rotatable bonds is 6. The second-order valence-corrected chi connectivity index (χ2v) is 6.17. The Labute approximate surface area is 154 Å². The number of nitrogens with two attached hydrogens (primary N) is 2. The van der Waals surface area contributed by atoms with Gasteiger partial charge in [-0.15, -0.1) is 5.10 Å². The van der Waals surface area contributed by atoms with Crippen molar-refractivity contribution in [3.63, 3.8) is 0 Å². The Balaban J connectivity index is 1.66. The summed E-state index contributed by atoms with van der Waals surface area (Å²) in [6.45, 7) is 0.313. The average molecular weight is 374 g/mol. The number of benzene rings is 1. The smallest absolute Gasteiger partial charge is 0.534 e. The number of hydrogen-bond donors (Lipinski definition) is 5. The van der Waals surface area contributed by atoms with Crippen LogP contribution in [0.3, 0.4) is 0 Å². The van der Waals surface area contributed by atoms with Crippen LogP contribution >= 0.6 is 0 Å². The van der Waals surface area contributed by atoms with Crippen LogP contribution in [0.4, 0.5) is 0 Å². The molecule has 2 aromatic rings. The van der Waals surface area contributed by atoms with Crippen LogP contribution in [0.2, 0.25) is 0 Å². The van der Waals surface area contributed by atoms with Gasteiger partial charge >= 0.3 is 13.1 Å². The molecule has 1 aromatic heterocycles. The lowest BCUT2D eigenvalue weighted by Gasteiger charge is -2.29. The topological polar surface area (TPSA) is 179 Å². The molecule has 1 aliphatic heterocycles. The minimum absolute atomic E-state index is 0.0464. The highest BCUT2D eigenvalue weighted by Crippen LogP contribution is 2.30. The van der Waals surface area contributed by atoms with Gasteiger partial charge in [-0.2, -0.15) is 0 Å². The predicted octanol–water partition coefficient (Wildman–Crippen LogP) is -2.10. The van der Waals surface area contributed by atoms with Gasteiger partial charge in [-0.05, 0) is 18.1 Å². The van der Waals surface area contributed by atoms with Crippen molar-refractivity contribution in [2.75, 3.05) is 0 Å². The van der Waals surface area contributed by atoms with Crippen molar-refractivity contribution in [3.8, 4) is 5.75 Å². The van der Waals surface area contributed by atoms with E-state index in [-0.39, 0.29) is 30.8 Å². The van der Waals surface area contributed by atoms with E-state index < -0.39 is 31.0 Å². The van der Waals surface area contributed by atoms with Crippen molar-refractivity contribution in [2.45, 2.75) is 31.5 Å². The molecule has 0 saturated heterocycles. The van der Waals surface area contributed by atoms with Gasteiger partial charge in [0.1, 0.15) is 11.8 Å². The maximum Gasteiger partial charge on any atom is 0.547 e. The van der Waals surface area contributed by atoms with Crippen LogP contribution in [0.15, 0.2) is 24.4 Å². The Hall–Kier alpha value is -2.96. The number of fused-ring (bicyclic) bond motifs is 1. The first-order chi connectivity index (χ1) is 12.9. The molecule has 0 aliphatic carbocycles. The molecule has 0 spiro atoms. The molecule has 2 heterocycles. The van der Waals surface area contributed by atoms with Gasteiger partial charge in [-0.25, -0.2) is 4.79 Å². The summed E-state index contributed by atoms with van der Waals surface area (Å²) in [5.74, 6) is -2.34. The van der Waals surface area contributed by atoms with Crippen LogP contribution in [0, 0.1) is 0 Å². The first kappa shape index (κ1) is 18.8. The number of hydrogen-bond acceptors (Lipinski definition) is 8. The zero-order valence-corrected chi connectivity index (χ0v) is 14.3. The molecule has 11 nitrogen and oxygen atoms in total. The van der Waals surface area contributed by atoms with Crippen molar-refractivity contribution in [1.29, 1.82) is 0 Å². The lowest BCUT2D eigenvalue weighted by atomic mass is 9.72. The monoisotopic (exact) mass is 374 g/mol. The molecule has 12 heteroatoms. The summed E-state index contributed by atoms with van der Waals surface area (Å²) in [5, 5.41) is 29.6. The van der Waals surface area contributed by atoms with Gasteiger partial charge in [0.25, 0.3) is 0 Å². The number of aromatic nitrogens is 3. The fourth-order valence-electron chi connectivity index (χ4n) is 2.81. The Bertz CT molecular complexity index is 859. The Morgan fingerprint density at radius 3 is 2.93 bits per heavy atom. The molecule has 7 N–H and O–H groups in total. The second-order valence-electron chi connectivity index (χ2n) is 6.17. The molecule has 1 aromatic carbocycles. The summed E-state index contributed by atoms with van der Waals surface area (Å²) >= 11 is 0. The van der Waals surface area contributed by atoms with Gasteiger partial charge in [0.05, 0.1) is 23.7 Å². The predicted molar refractivity (Wildman–Crippen MR) is 93.5 cm³/mol. The molecule has 0 fully saturated rings. The fourth-order valence-corrected chi connectivity index (χ4v) is 2.81. The van der Waals surface area contributed by atoms with E-state index in [0.29, 0.717) is 11.3 Å². The van der Waals surface area contributed by atoms with Crippen molar-refractivity contribution >= 4 is 19.0 Å². The second kappa shape index (κ2) is 7.74. The van der Waals surface area contributed by atoms with E-state index in [1.54, 1.807) is 18.3 Å². The van der Waals surface area contributed by atoms with Gasteiger partial charge in [0.2, 0.25) is 5.91 Å². The van der Waals surface area contributed by atoms with Gasteiger partial charge in [0, 0.05) is 12.7 Å². The third-order valence-electron chi connectivity index (χ3n) is 4.19. The molecule has 0 saturated carbocycles. The molecule has 0 radical (unpaired) electrons. The van der Waals surface area contributed by atoms with Gasteiger partial charge in [0.15, 0.2) is 0 Å². The summed E-state index contributed by atoms with van der Waals surface area (Å²) in [6, 6.07) is 3.71. The summed E-state index contributed by atoms with van der Waals surface area (Å²) < 4.78 is 6.74. The molecule has 0 bridgehead atoms. The SMILES string of the molecule is NCc1cn(C[C@H](N)C(=O)N[C@H]2Cc3cccc(C(=O)O)c3OB2O)nn1. The minimum Gasteiger partial charge on any atom is -0.534 e. The van der Waals surface area contributed by atoms with Crippen molar-refractivity contribution in [1.82, 2.24) is 20.3 Å². The van der Waals surface area contributed by atoms with Gasteiger partial charge < -0.3 is 31.6 Å². The Kier molecular flexibility index (Phi) is 5.39. The quantitative estimate of drug-likeness (QED) is 0.354. The summed E-state index contributed by atoms with van der Waals surface area (Å²) in [7, 11) is -1.40. The third-order valence-corrected chi connectivity index (χ3v) is 4.19. The van der Waals surface area contributed by atoms with Gasteiger partial charge in [-0.1, -0.05) is 17.3 Å². The standard InChI is InChI=1S/C15H19BN6O5/c17-5-9-6-22(21-20-9)7-11(18)14(23)19-12-4-8-2-1-3-10(15(24)25)13(8)27-16(12)26/h1-3,6,11-12,26H,4-5,7,17-18H2,(H,19,23)(H,24,25)/t11-,12-/m0/s1. The lowest BCUT2D eigenvalue weighted by molar-refractivity contribution is -0.123. The van der Waals surface area contributed by atoms with E-state index in [9.17, 15) is 19.7 Å². The number of nitrogens with zero attached hydrogens (tertiary/aromatic N) is 3. The summed E-state index contributed by atoms with van der Waals surface area (Å²) in [6.07, 6.45) is 1.80. The van der Waals surface area contributed by atoms with E-state index in [0.717, 1.165) is 0 Å². The number of aromatic carboxylic acids is 1. The highest BCUT2D eigenvalue weighted by molar-refractivity contribution is 6.47. The number of carboxylic acids is 1. The molecule has 3 rings (SSSR count). The number of carbonyl (C=O) groups is 2. The molecule has 1 aliphatic rings. The first-order valence-electron chi connectivity index (χ1n) is 8.24. The minimum atomic E-state index is -1.40. The van der Waals surface area contributed by atoms with Crippen LogP contribution < -0.4 is 21.4 Å². The molecule has 27 heavy (non-hydrogen) atoms. The van der Waals surface area contributed by atoms with E-state index in [1.807, 2.05) is 0 Å². The molecule has 0 unspecified atom stereocenters. The van der Waals surface area contributed by atoms with E-state index in [1.165, 1.54) is 10.7 Å². The highest BCUT2D eigenvalue weighted by Gasteiger charge is 2.38. The van der Waals surface area contributed by atoms with E-state index >= 15 is 0 Å². The number of carboxylic acid groups (broad SMARTS) is 1. The molecule has 2 atom stereocenters. The fraction of sp³-hybridized carbons (Fsp3) is 0.333. The average Bonchev–Trinajstić information content (AvgIpc) is 3.09. The maximum absolute atomic E-state index is 12.3. The van der Waals surface area contributed by atoms with Gasteiger partial charge in [-0.3, -0.25) is 9.48 Å². The third kappa shape index (κ3) is 4.08. The van der Waals surface area contributed by atoms with Crippen molar-refractivity contribution in [2.24, 2.45) is 11.5 Å². The van der Waals surface area contributed by atoms with Crippen molar-refractivity contribution < 1.29 is 24.4 Å². The number of para-hydroxylation sites is 1. The van der Waals surface area contributed by atoms with Crippen LogP contribution in [-0.4, -0.2) is 56.1 Å². The number of amides is 1. The van der Waals surface area contributed by atoms with E-state index in [4.69, 9.17) is 16.1 Å². The maximum atomic E-state index is 12.3. The van der Waals surface area contributed by atoms with Crippen LogP contribution in [-0.2, 0) is 24.3 Å². The summed E-state index contributed by atoms with van der Waals surface area (Å²) in [4.78, 5) is 23.6. The molecular formula is C15H19BN6O5. The highest BCUT2D eigenvalue weighted by atomic mass is 16.5. The Morgan fingerprint density at radius 1 is 1.48 bits per heavy atom.